The predicted octanol–water partition coefficient (Wildman–Crippen LogP) is 3.14. The van der Waals surface area contributed by atoms with Crippen molar-refractivity contribution < 1.29 is 14.4 Å². The van der Waals surface area contributed by atoms with Crippen molar-refractivity contribution in [2.24, 2.45) is 0 Å². The molecule has 7 nitrogen and oxygen atoms in total. The van der Waals surface area contributed by atoms with Gasteiger partial charge in [-0.1, -0.05) is 55.1 Å². The molecule has 31 heavy (non-hydrogen) atoms. The van der Waals surface area contributed by atoms with E-state index >= 15 is 0 Å². The van der Waals surface area contributed by atoms with Gasteiger partial charge in [0.05, 0.1) is 23.9 Å². The standard InChI is InChI=1S/C23H27ClN4O3/c1-2-12-28-18-13-27(14-19(29)25-15-8-4-3-5-9-15)22(30)20(18)21(26-23(28)31)16-10-6-7-11-17(16)24/h2,6-7,10-11,15,21H,1,3-5,8-9,12-14H2,(H,25,29)(H,26,31)/t21-/m1/s1. The van der Waals surface area contributed by atoms with Crippen molar-refractivity contribution in [2.45, 2.75) is 44.2 Å². The van der Waals surface area contributed by atoms with Crippen molar-refractivity contribution in [2.75, 3.05) is 19.6 Å². The van der Waals surface area contributed by atoms with Gasteiger partial charge in [0.25, 0.3) is 5.91 Å². The summed E-state index contributed by atoms with van der Waals surface area (Å²) in [6.45, 7) is 4.16. The van der Waals surface area contributed by atoms with Gasteiger partial charge in [0.1, 0.15) is 6.54 Å². The monoisotopic (exact) mass is 442 g/mol. The fourth-order valence-electron chi connectivity index (χ4n) is 4.63. The molecule has 0 spiro atoms. The van der Waals surface area contributed by atoms with E-state index < -0.39 is 6.04 Å². The summed E-state index contributed by atoms with van der Waals surface area (Å²) in [5, 5.41) is 6.43. The van der Waals surface area contributed by atoms with Gasteiger partial charge in [-0.3, -0.25) is 14.5 Å². The van der Waals surface area contributed by atoms with E-state index in [1.807, 2.05) is 6.07 Å². The summed E-state index contributed by atoms with van der Waals surface area (Å²) >= 11 is 6.38. The van der Waals surface area contributed by atoms with Gasteiger partial charge in [0, 0.05) is 17.6 Å². The van der Waals surface area contributed by atoms with Gasteiger partial charge >= 0.3 is 6.03 Å². The fraction of sp³-hybridized carbons (Fsp3) is 0.435. The lowest BCUT2D eigenvalue weighted by Crippen LogP contribution is -2.47. The predicted molar refractivity (Wildman–Crippen MR) is 118 cm³/mol. The van der Waals surface area contributed by atoms with E-state index in [4.69, 9.17) is 11.6 Å². The molecule has 0 unspecified atom stereocenters. The van der Waals surface area contributed by atoms with Gasteiger partial charge in [-0.2, -0.15) is 0 Å². The van der Waals surface area contributed by atoms with Crippen LogP contribution in [0, 0.1) is 0 Å². The lowest BCUT2D eigenvalue weighted by molar-refractivity contribution is -0.132. The van der Waals surface area contributed by atoms with Crippen LogP contribution in [-0.2, 0) is 9.59 Å². The summed E-state index contributed by atoms with van der Waals surface area (Å²) in [5.41, 5.74) is 1.72. The first kappa shape index (κ1) is 21.4. The zero-order valence-electron chi connectivity index (χ0n) is 17.4. The summed E-state index contributed by atoms with van der Waals surface area (Å²) in [6, 6.07) is 6.35. The zero-order chi connectivity index (χ0) is 22.0. The highest BCUT2D eigenvalue weighted by Crippen LogP contribution is 2.38. The molecular weight excluding hydrogens is 416 g/mol. The maximum absolute atomic E-state index is 13.4. The summed E-state index contributed by atoms with van der Waals surface area (Å²) < 4.78 is 0. The lowest BCUT2D eigenvalue weighted by atomic mass is 9.95. The molecule has 3 aliphatic rings. The highest BCUT2D eigenvalue weighted by Gasteiger charge is 2.44. The quantitative estimate of drug-likeness (QED) is 0.664. The number of carbonyl (C=O) groups excluding carboxylic acids is 3. The Morgan fingerprint density at radius 3 is 2.68 bits per heavy atom. The van der Waals surface area contributed by atoms with Crippen LogP contribution in [0.2, 0.25) is 5.02 Å². The van der Waals surface area contributed by atoms with Crippen molar-refractivity contribution in [3.05, 3.63) is 58.8 Å². The average Bonchev–Trinajstić information content (AvgIpc) is 3.07. The third-order valence-electron chi connectivity index (χ3n) is 6.13. The number of hydrogen-bond acceptors (Lipinski definition) is 3. The minimum atomic E-state index is -0.656. The average molecular weight is 443 g/mol. The van der Waals surface area contributed by atoms with Crippen molar-refractivity contribution in [1.82, 2.24) is 20.4 Å². The van der Waals surface area contributed by atoms with Crippen LogP contribution in [0.5, 0.6) is 0 Å². The number of halogens is 1. The third kappa shape index (κ3) is 4.32. The Bertz CT molecular complexity index is 939. The van der Waals surface area contributed by atoms with E-state index in [0.29, 0.717) is 21.9 Å². The van der Waals surface area contributed by atoms with Gasteiger partial charge < -0.3 is 15.5 Å². The molecule has 4 amide bonds. The van der Waals surface area contributed by atoms with Crippen LogP contribution >= 0.6 is 11.6 Å². The normalized spacial score (nSPS) is 21.8. The minimum Gasteiger partial charge on any atom is -0.352 e. The fourth-order valence-corrected chi connectivity index (χ4v) is 4.88. The smallest absolute Gasteiger partial charge is 0.322 e. The molecule has 0 aromatic heterocycles. The molecule has 4 rings (SSSR count). The van der Waals surface area contributed by atoms with E-state index in [1.54, 1.807) is 24.3 Å². The van der Waals surface area contributed by atoms with Crippen LogP contribution in [0.15, 0.2) is 48.2 Å². The number of amides is 4. The molecule has 2 N–H and O–H groups in total. The number of hydrogen-bond donors (Lipinski definition) is 2. The number of benzene rings is 1. The molecule has 0 bridgehead atoms. The van der Waals surface area contributed by atoms with Crippen molar-refractivity contribution in [3.8, 4) is 0 Å². The lowest BCUT2D eigenvalue weighted by Gasteiger charge is -2.33. The second-order valence-corrected chi connectivity index (χ2v) is 8.63. The molecule has 8 heteroatoms. The van der Waals surface area contributed by atoms with Gasteiger partial charge in [-0.05, 0) is 24.5 Å². The molecular formula is C23H27ClN4O3. The molecule has 0 saturated heterocycles. The van der Waals surface area contributed by atoms with Crippen LogP contribution in [0.3, 0.4) is 0 Å². The molecule has 1 aliphatic carbocycles. The van der Waals surface area contributed by atoms with Gasteiger partial charge in [0.2, 0.25) is 5.91 Å². The first-order valence-corrected chi connectivity index (χ1v) is 11.1. The Kier molecular flexibility index (Phi) is 6.32. The maximum atomic E-state index is 13.4. The highest BCUT2D eigenvalue weighted by molar-refractivity contribution is 6.31. The first-order chi connectivity index (χ1) is 15.0. The van der Waals surface area contributed by atoms with Crippen LogP contribution in [0.4, 0.5) is 4.79 Å². The number of carbonyl (C=O) groups is 3. The maximum Gasteiger partial charge on any atom is 0.322 e. The summed E-state index contributed by atoms with van der Waals surface area (Å²) in [6.07, 6.45) is 7.02. The topological polar surface area (TPSA) is 81.8 Å². The second kappa shape index (κ2) is 9.14. The summed E-state index contributed by atoms with van der Waals surface area (Å²) in [4.78, 5) is 41.8. The second-order valence-electron chi connectivity index (χ2n) is 8.23. The van der Waals surface area contributed by atoms with E-state index in [2.05, 4.69) is 17.2 Å². The van der Waals surface area contributed by atoms with Crippen LogP contribution in [-0.4, -0.2) is 53.3 Å². The highest BCUT2D eigenvalue weighted by atomic mass is 35.5. The zero-order valence-corrected chi connectivity index (χ0v) is 18.2. The van der Waals surface area contributed by atoms with Crippen LogP contribution in [0.25, 0.3) is 0 Å². The van der Waals surface area contributed by atoms with Crippen LogP contribution in [0.1, 0.15) is 43.7 Å². The number of nitrogens with one attached hydrogen (secondary N) is 2. The molecule has 2 aliphatic heterocycles. The minimum absolute atomic E-state index is 0.0340. The third-order valence-corrected chi connectivity index (χ3v) is 6.47. The van der Waals surface area contributed by atoms with Crippen molar-refractivity contribution in [1.29, 1.82) is 0 Å². The van der Waals surface area contributed by atoms with E-state index in [-0.39, 0.29) is 43.5 Å². The SMILES string of the molecule is C=CCN1C(=O)N[C@H](c2ccccc2Cl)C2=C1CN(CC(=O)NC1CCCCC1)C2=O. The number of nitrogens with zero attached hydrogens (tertiary/aromatic N) is 2. The molecule has 1 aromatic rings. The Balaban J connectivity index is 1.57. The Hall–Kier alpha value is -2.80. The van der Waals surface area contributed by atoms with Gasteiger partial charge in [-0.25, -0.2) is 4.79 Å². The number of rotatable bonds is 6. The van der Waals surface area contributed by atoms with E-state index in [1.165, 1.54) is 16.2 Å². The number of urea groups is 1. The largest absolute Gasteiger partial charge is 0.352 e. The van der Waals surface area contributed by atoms with Gasteiger partial charge in [-0.15, -0.1) is 6.58 Å². The molecule has 1 saturated carbocycles. The first-order valence-electron chi connectivity index (χ1n) is 10.7. The summed E-state index contributed by atoms with van der Waals surface area (Å²) in [7, 11) is 0. The molecule has 1 aromatic carbocycles. The van der Waals surface area contributed by atoms with Crippen molar-refractivity contribution in [3.63, 3.8) is 0 Å². The molecule has 164 valence electrons. The Morgan fingerprint density at radius 2 is 1.97 bits per heavy atom. The summed E-state index contributed by atoms with van der Waals surface area (Å²) in [5.74, 6) is -0.420. The molecule has 0 radical (unpaired) electrons. The molecule has 1 atom stereocenters. The van der Waals surface area contributed by atoms with E-state index in [9.17, 15) is 14.4 Å². The van der Waals surface area contributed by atoms with Gasteiger partial charge in [0.15, 0.2) is 0 Å². The Morgan fingerprint density at radius 1 is 1.23 bits per heavy atom. The molecule has 2 heterocycles. The van der Waals surface area contributed by atoms with Crippen molar-refractivity contribution >= 4 is 29.4 Å². The van der Waals surface area contributed by atoms with E-state index in [0.717, 1.165) is 25.7 Å². The molecule has 1 fully saturated rings. The van der Waals surface area contributed by atoms with Crippen LogP contribution < -0.4 is 10.6 Å². The Labute approximate surface area is 187 Å².